The number of carbonyl (C=O) groups is 1. The minimum absolute atomic E-state index is 0. The maximum atomic E-state index is 11.4. The van der Waals surface area contributed by atoms with Gasteiger partial charge in [-0.25, -0.2) is 0 Å². The molecule has 0 aliphatic carbocycles. The zero-order chi connectivity index (χ0) is 13.0. The van der Waals surface area contributed by atoms with Gasteiger partial charge in [0.15, 0.2) is 5.78 Å². The van der Waals surface area contributed by atoms with Gasteiger partial charge in [-0.3, -0.25) is 4.79 Å². The molecule has 0 fully saturated rings. The van der Waals surface area contributed by atoms with Crippen molar-refractivity contribution < 1.29 is 9.90 Å². The summed E-state index contributed by atoms with van der Waals surface area (Å²) in [6.45, 7) is 1.50. The zero-order valence-electron chi connectivity index (χ0n) is 9.80. The molecule has 0 spiro atoms. The fourth-order valence-corrected chi connectivity index (χ4v) is 1.35. The van der Waals surface area contributed by atoms with E-state index in [4.69, 9.17) is 16.4 Å². The zero-order valence-corrected chi connectivity index (χ0v) is 10.6. The number of benzene rings is 1. The maximum Gasteiger partial charge on any atom is 0.192 e. The molecule has 0 heterocycles. The Morgan fingerprint density at radius 3 is 2.72 bits per heavy atom. The summed E-state index contributed by atoms with van der Waals surface area (Å²) in [6.07, 6.45) is -0.0261. The van der Waals surface area contributed by atoms with Gasteiger partial charge >= 0.3 is 0 Å². The Morgan fingerprint density at radius 1 is 1.61 bits per heavy atom. The summed E-state index contributed by atoms with van der Waals surface area (Å²) >= 11 is 0. The minimum atomic E-state index is -0.733. The van der Waals surface area contributed by atoms with Gasteiger partial charge in [-0.05, 0) is 25.1 Å². The van der Waals surface area contributed by atoms with Crippen LogP contribution in [0.2, 0.25) is 0 Å². The summed E-state index contributed by atoms with van der Waals surface area (Å²) in [5.41, 5.74) is 5.96. The number of nitrogens with one attached hydrogen (secondary N) is 1. The van der Waals surface area contributed by atoms with Crippen LogP contribution >= 0.6 is 12.4 Å². The van der Waals surface area contributed by atoms with Crippen LogP contribution in [0.25, 0.3) is 0 Å². The minimum Gasteiger partial charge on any atom is -0.508 e. The molecule has 0 amide bonds. The van der Waals surface area contributed by atoms with Gasteiger partial charge < -0.3 is 16.2 Å². The highest BCUT2D eigenvalue weighted by molar-refractivity contribution is 6.40. The highest BCUT2D eigenvalue weighted by atomic mass is 35.5. The van der Waals surface area contributed by atoms with Crippen LogP contribution in [0.15, 0.2) is 18.2 Å². The number of nitrogens with zero attached hydrogens (tertiary/aromatic N) is 1. The number of ketones is 1. The molecular weight excluding hydrogens is 254 g/mol. The number of nitriles is 1. The lowest BCUT2D eigenvalue weighted by molar-refractivity contribution is -0.113. The summed E-state index contributed by atoms with van der Waals surface area (Å²) < 4.78 is 0. The molecule has 1 rings (SSSR count). The van der Waals surface area contributed by atoms with Gasteiger partial charge in [-0.15, -0.1) is 12.4 Å². The second-order valence-electron chi connectivity index (χ2n) is 3.76. The molecule has 0 radical (unpaired) electrons. The monoisotopic (exact) mass is 267 g/mol. The second-order valence-corrected chi connectivity index (χ2v) is 3.76. The summed E-state index contributed by atoms with van der Waals surface area (Å²) in [7, 11) is 0. The number of phenolic OH excluding ortho intramolecular Hbond substituents is 1. The summed E-state index contributed by atoms with van der Waals surface area (Å²) in [4.78, 5) is 11.4. The average molecular weight is 268 g/mol. The molecule has 1 unspecified atom stereocenters. The molecule has 0 aliphatic rings. The fraction of sp³-hybridized carbons (Fsp3) is 0.250. The summed E-state index contributed by atoms with van der Waals surface area (Å²) in [5, 5.41) is 25.8. The van der Waals surface area contributed by atoms with Gasteiger partial charge in [0.25, 0.3) is 0 Å². The van der Waals surface area contributed by atoms with Crippen LogP contribution in [0, 0.1) is 16.7 Å². The third-order valence-electron chi connectivity index (χ3n) is 2.29. The number of halogens is 1. The van der Waals surface area contributed by atoms with Gasteiger partial charge in [-0.2, -0.15) is 5.26 Å². The smallest absolute Gasteiger partial charge is 0.192 e. The topological polar surface area (TPSA) is 111 Å². The molecule has 5 nitrogen and oxygen atoms in total. The van der Waals surface area contributed by atoms with E-state index in [2.05, 4.69) is 0 Å². The van der Waals surface area contributed by atoms with Crippen molar-refractivity contribution in [1.82, 2.24) is 0 Å². The molecular formula is C12H14ClN3O2. The Labute approximate surface area is 111 Å². The van der Waals surface area contributed by atoms with Gasteiger partial charge in [0.1, 0.15) is 5.75 Å². The SMILES string of the molecule is CC(N)C(=O)C(=N)Cc1cc(C#N)ccc1O.Cl. The largest absolute Gasteiger partial charge is 0.508 e. The first-order valence-electron chi connectivity index (χ1n) is 5.05. The van der Waals surface area contributed by atoms with Crippen molar-refractivity contribution in [3.8, 4) is 11.8 Å². The van der Waals surface area contributed by atoms with E-state index in [1.807, 2.05) is 6.07 Å². The molecule has 0 aliphatic heterocycles. The van der Waals surface area contributed by atoms with Crippen LogP contribution in [0.1, 0.15) is 18.1 Å². The van der Waals surface area contributed by atoms with E-state index in [-0.39, 0.29) is 30.3 Å². The lowest BCUT2D eigenvalue weighted by Crippen LogP contribution is -2.33. The number of rotatable bonds is 4. The number of hydrogen-bond acceptors (Lipinski definition) is 5. The van der Waals surface area contributed by atoms with E-state index in [1.54, 1.807) is 0 Å². The molecule has 96 valence electrons. The van der Waals surface area contributed by atoms with Gasteiger partial charge in [-0.1, -0.05) is 0 Å². The maximum absolute atomic E-state index is 11.4. The first-order valence-corrected chi connectivity index (χ1v) is 5.05. The van der Waals surface area contributed by atoms with E-state index >= 15 is 0 Å². The molecule has 1 atom stereocenters. The molecule has 0 saturated heterocycles. The van der Waals surface area contributed by atoms with Crippen molar-refractivity contribution in [2.24, 2.45) is 5.73 Å². The number of aromatic hydroxyl groups is 1. The predicted molar refractivity (Wildman–Crippen MR) is 70.2 cm³/mol. The van der Waals surface area contributed by atoms with E-state index in [0.29, 0.717) is 11.1 Å². The number of carbonyl (C=O) groups excluding carboxylic acids is 1. The standard InChI is InChI=1S/C12H13N3O2.ClH/c1-7(14)12(17)10(15)5-9-4-8(6-13)2-3-11(9)16;/h2-4,7,15-16H,5,14H2,1H3;1H. The molecule has 18 heavy (non-hydrogen) atoms. The van der Waals surface area contributed by atoms with Crippen molar-refractivity contribution in [2.45, 2.75) is 19.4 Å². The first-order chi connectivity index (χ1) is 7.95. The van der Waals surface area contributed by atoms with E-state index in [1.165, 1.54) is 25.1 Å². The molecule has 0 saturated carbocycles. The van der Waals surface area contributed by atoms with Crippen LogP contribution < -0.4 is 5.73 Å². The second kappa shape index (κ2) is 6.74. The average Bonchev–Trinajstić information content (AvgIpc) is 2.30. The van der Waals surface area contributed by atoms with Crippen LogP contribution in [0.3, 0.4) is 0 Å². The number of hydrogen-bond donors (Lipinski definition) is 3. The third-order valence-corrected chi connectivity index (χ3v) is 2.29. The molecule has 0 bridgehead atoms. The van der Waals surface area contributed by atoms with E-state index < -0.39 is 11.8 Å². The third kappa shape index (κ3) is 3.84. The summed E-state index contributed by atoms with van der Waals surface area (Å²) in [6, 6.07) is 5.49. The molecule has 1 aromatic rings. The molecule has 0 aromatic heterocycles. The molecule has 6 heteroatoms. The predicted octanol–water partition coefficient (Wildman–Crippen LogP) is 1.16. The molecule has 4 N–H and O–H groups in total. The van der Waals surface area contributed by atoms with Crippen LogP contribution in [-0.4, -0.2) is 22.6 Å². The van der Waals surface area contributed by atoms with Crippen molar-refractivity contribution in [3.63, 3.8) is 0 Å². The van der Waals surface area contributed by atoms with Crippen molar-refractivity contribution in [1.29, 1.82) is 10.7 Å². The Bertz CT molecular complexity index is 507. The Hall–Kier alpha value is -1.90. The van der Waals surface area contributed by atoms with E-state index in [9.17, 15) is 9.90 Å². The quantitative estimate of drug-likeness (QED) is 0.711. The lowest BCUT2D eigenvalue weighted by atomic mass is 10.0. The Kier molecular flexibility index (Phi) is 6.03. The lowest BCUT2D eigenvalue weighted by Gasteiger charge is -2.08. The van der Waals surface area contributed by atoms with Gasteiger partial charge in [0.05, 0.1) is 23.4 Å². The van der Waals surface area contributed by atoms with Crippen molar-refractivity contribution in [2.75, 3.05) is 0 Å². The fourth-order valence-electron chi connectivity index (χ4n) is 1.35. The van der Waals surface area contributed by atoms with E-state index in [0.717, 1.165) is 0 Å². The summed E-state index contributed by atoms with van der Waals surface area (Å²) in [5.74, 6) is -0.502. The highest BCUT2D eigenvalue weighted by Gasteiger charge is 2.16. The van der Waals surface area contributed by atoms with Crippen molar-refractivity contribution in [3.05, 3.63) is 29.3 Å². The number of nitrogens with two attached hydrogens (primary N) is 1. The number of phenols is 1. The number of Topliss-reactive ketones (excluding diaryl/α,β-unsaturated/α-hetero) is 1. The van der Waals surface area contributed by atoms with Crippen molar-refractivity contribution >= 4 is 23.9 Å². The first kappa shape index (κ1) is 16.1. The van der Waals surface area contributed by atoms with Crippen LogP contribution in [-0.2, 0) is 11.2 Å². The molecule has 1 aromatic carbocycles. The van der Waals surface area contributed by atoms with Gasteiger partial charge in [0, 0.05) is 12.0 Å². The van der Waals surface area contributed by atoms with Crippen LogP contribution in [0.5, 0.6) is 5.75 Å². The highest BCUT2D eigenvalue weighted by Crippen LogP contribution is 2.19. The Balaban J connectivity index is 0.00000289. The normalized spacial score (nSPS) is 10.9. The Morgan fingerprint density at radius 2 is 2.22 bits per heavy atom. The van der Waals surface area contributed by atoms with Crippen LogP contribution in [0.4, 0.5) is 0 Å². The van der Waals surface area contributed by atoms with Gasteiger partial charge in [0.2, 0.25) is 0 Å².